The second-order valence-electron chi connectivity index (χ2n) is 4.69. The highest BCUT2D eigenvalue weighted by molar-refractivity contribution is 5.97. The molecule has 1 aromatic carbocycles. The summed E-state index contributed by atoms with van der Waals surface area (Å²) in [6.07, 6.45) is -2.45. The summed E-state index contributed by atoms with van der Waals surface area (Å²) in [4.78, 5) is 24.7. The molecule has 0 aliphatic rings. The van der Waals surface area contributed by atoms with Gasteiger partial charge in [0.25, 0.3) is 0 Å². The Bertz CT molecular complexity index is 566. The maximum Gasteiger partial charge on any atom is 0.303 e. The van der Waals surface area contributed by atoms with Crippen LogP contribution in [0.1, 0.15) is 41.3 Å². The summed E-state index contributed by atoms with van der Waals surface area (Å²) < 4.78 is 0. The number of carbonyl (C=O) groups is 2. The lowest BCUT2D eigenvalue weighted by Gasteiger charge is -2.17. The molecule has 0 saturated carbocycles. The van der Waals surface area contributed by atoms with E-state index in [1.54, 1.807) is 0 Å². The molecule has 118 valence electrons. The van der Waals surface area contributed by atoms with Crippen LogP contribution in [-0.2, 0) is 4.79 Å². The number of aliphatic hydroxyl groups excluding tert-OH is 2. The Kier molecular flexibility index (Phi) is 7.04. The van der Waals surface area contributed by atoms with Gasteiger partial charge in [-0.15, -0.1) is 0 Å². The fourth-order valence-corrected chi connectivity index (χ4v) is 1.85. The van der Waals surface area contributed by atoms with Crippen LogP contribution in [0, 0.1) is 0 Å². The second-order valence-corrected chi connectivity index (χ2v) is 4.69. The minimum atomic E-state index is -1.16. The first-order valence-electron chi connectivity index (χ1n) is 6.67. The lowest BCUT2D eigenvalue weighted by molar-refractivity contribution is -0.136. The molecule has 8 nitrogen and oxygen atoms in total. The van der Waals surface area contributed by atoms with Crippen LogP contribution in [0.15, 0.2) is 29.4 Å². The molecule has 0 radical (unpaired) electrons. The summed E-state index contributed by atoms with van der Waals surface area (Å²) in [6, 6.07) is 5.94. The van der Waals surface area contributed by atoms with Crippen LogP contribution in [0.5, 0.6) is 0 Å². The summed E-state index contributed by atoms with van der Waals surface area (Å²) in [5.41, 5.74) is 8.91. The molecule has 2 atom stereocenters. The summed E-state index contributed by atoms with van der Waals surface area (Å²) in [5, 5.41) is 31.5. The third-order valence-corrected chi connectivity index (χ3v) is 3.09. The van der Waals surface area contributed by atoms with E-state index in [0.717, 1.165) is 0 Å². The Morgan fingerprint density at radius 1 is 1.18 bits per heavy atom. The largest absolute Gasteiger partial charge is 0.481 e. The van der Waals surface area contributed by atoms with E-state index in [1.807, 2.05) is 0 Å². The van der Waals surface area contributed by atoms with E-state index in [1.165, 1.54) is 24.3 Å². The molecular formula is C14H17N3O5. The molecule has 1 aromatic rings. The minimum absolute atomic E-state index is 0.0699. The molecule has 0 heterocycles. The number of hydrogen-bond acceptors (Lipinski definition) is 5. The van der Waals surface area contributed by atoms with Crippen LogP contribution in [0.3, 0.4) is 0 Å². The first kappa shape index (κ1) is 17.6. The van der Waals surface area contributed by atoms with Gasteiger partial charge < -0.3 is 15.3 Å². The number of nitrogens with zero attached hydrogens (tertiary/aromatic N) is 3. The number of hydrogen-bond donors (Lipinski definition) is 3. The molecule has 1 rings (SSSR count). The quantitative estimate of drug-likeness (QED) is 0.276. The molecule has 0 fully saturated rings. The van der Waals surface area contributed by atoms with Gasteiger partial charge in [0.2, 0.25) is 0 Å². The summed E-state index contributed by atoms with van der Waals surface area (Å²) in [7, 11) is 0. The van der Waals surface area contributed by atoms with Gasteiger partial charge in [0.1, 0.15) is 6.10 Å². The number of carboxylic acids is 1. The van der Waals surface area contributed by atoms with Gasteiger partial charge in [0, 0.05) is 23.4 Å². The third-order valence-electron chi connectivity index (χ3n) is 3.09. The van der Waals surface area contributed by atoms with Crippen molar-refractivity contribution in [2.75, 3.05) is 6.54 Å². The molecule has 0 aliphatic heterocycles. The number of ketones is 1. The maximum atomic E-state index is 11.7. The van der Waals surface area contributed by atoms with E-state index in [-0.39, 0.29) is 31.6 Å². The van der Waals surface area contributed by atoms with Crippen molar-refractivity contribution in [2.45, 2.75) is 31.5 Å². The normalized spacial score (nSPS) is 13.0. The number of azide groups is 1. The van der Waals surface area contributed by atoms with E-state index in [2.05, 4.69) is 10.0 Å². The number of carbonyl (C=O) groups excluding carboxylic acids is 1. The molecule has 0 saturated heterocycles. The molecule has 0 aromatic heterocycles. The summed E-state index contributed by atoms with van der Waals surface area (Å²) in [5.74, 6) is -1.34. The summed E-state index contributed by atoms with van der Waals surface area (Å²) >= 11 is 0. The third kappa shape index (κ3) is 5.53. The van der Waals surface area contributed by atoms with Crippen LogP contribution in [0.4, 0.5) is 0 Å². The summed E-state index contributed by atoms with van der Waals surface area (Å²) in [6.45, 7) is 0.0699. The number of Topliss-reactive ketones (excluding diaryl/α,β-unsaturated/α-hetero) is 1. The highest BCUT2D eigenvalue weighted by atomic mass is 16.4. The lowest BCUT2D eigenvalue weighted by Crippen LogP contribution is -2.19. The van der Waals surface area contributed by atoms with Crippen molar-refractivity contribution in [3.05, 3.63) is 45.8 Å². The van der Waals surface area contributed by atoms with E-state index in [9.17, 15) is 19.8 Å². The Morgan fingerprint density at radius 3 is 2.36 bits per heavy atom. The zero-order chi connectivity index (χ0) is 16.5. The fraction of sp³-hybridized carbons (Fsp3) is 0.429. The van der Waals surface area contributed by atoms with Gasteiger partial charge in [-0.3, -0.25) is 9.59 Å². The van der Waals surface area contributed by atoms with E-state index < -0.39 is 18.2 Å². The van der Waals surface area contributed by atoms with Gasteiger partial charge in [0.15, 0.2) is 5.78 Å². The average molecular weight is 307 g/mol. The standard InChI is InChI=1S/C14H17N3O5/c15-17-16-8-7-12(19)14(22)10-3-1-9(2-4-10)11(18)5-6-13(20)21/h1-4,12,14,19,22H,5-8H2,(H,20,21). The van der Waals surface area contributed by atoms with E-state index in [4.69, 9.17) is 10.6 Å². The molecular weight excluding hydrogens is 290 g/mol. The van der Waals surface area contributed by atoms with Crippen molar-refractivity contribution in [1.29, 1.82) is 0 Å². The molecule has 0 bridgehead atoms. The van der Waals surface area contributed by atoms with E-state index in [0.29, 0.717) is 11.1 Å². The second kappa shape index (κ2) is 8.78. The first-order chi connectivity index (χ1) is 10.5. The Balaban J connectivity index is 2.65. The smallest absolute Gasteiger partial charge is 0.303 e. The van der Waals surface area contributed by atoms with Gasteiger partial charge in [-0.05, 0) is 17.5 Å². The zero-order valence-electron chi connectivity index (χ0n) is 11.8. The zero-order valence-corrected chi connectivity index (χ0v) is 11.8. The molecule has 2 unspecified atom stereocenters. The van der Waals surface area contributed by atoms with Crippen molar-refractivity contribution in [1.82, 2.24) is 0 Å². The molecule has 0 amide bonds. The maximum absolute atomic E-state index is 11.7. The average Bonchev–Trinajstić information content (AvgIpc) is 2.52. The van der Waals surface area contributed by atoms with Crippen molar-refractivity contribution in [3.63, 3.8) is 0 Å². The SMILES string of the molecule is [N-]=[N+]=NCCC(O)C(O)c1ccc(C(=O)CCC(=O)O)cc1. The van der Waals surface area contributed by atoms with Crippen LogP contribution in [-0.4, -0.2) is 39.7 Å². The van der Waals surface area contributed by atoms with Crippen molar-refractivity contribution in [3.8, 4) is 0 Å². The number of aliphatic hydroxyl groups is 2. The first-order valence-corrected chi connectivity index (χ1v) is 6.67. The van der Waals surface area contributed by atoms with E-state index >= 15 is 0 Å². The Morgan fingerprint density at radius 2 is 1.82 bits per heavy atom. The topological polar surface area (TPSA) is 144 Å². The van der Waals surface area contributed by atoms with Gasteiger partial charge in [-0.1, -0.05) is 29.4 Å². The fourth-order valence-electron chi connectivity index (χ4n) is 1.85. The molecule has 3 N–H and O–H groups in total. The van der Waals surface area contributed by atoms with Crippen molar-refractivity contribution < 1.29 is 24.9 Å². The molecule has 8 heteroatoms. The van der Waals surface area contributed by atoms with Crippen molar-refractivity contribution >= 4 is 11.8 Å². The Hall–Kier alpha value is -2.41. The number of benzene rings is 1. The van der Waals surface area contributed by atoms with Gasteiger partial charge in [0.05, 0.1) is 12.5 Å². The monoisotopic (exact) mass is 307 g/mol. The molecule has 0 aliphatic carbocycles. The van der Waals surface area contributed by atoms with Gasteiger partial charge >= 0.3 is 5.97 Å². The number of aliphatic carboxylic acids is 1. The Labute approximate surface area is 126 Å². The predicted molar refractivity (Wildman–Crippen MR) is 77.2 cm³/mol. The highest BCUT2D eigenvalue weighted by Gasteiger charge is 2.18. The van der Waals surface area contributed by atoms with Gasteiger partial charge in [-0.2, -0.15) is 0 Å². The number of carboxylic acid groups (broad SMARTS) is 1. The van der Waals surface area contributed by atoms with Crippen LogP contribution in [0.2, 0.25) is 0 Å². The van der Waals surface area contributed by atoms with Crippen LogP contribution >= 0.6 is 0 Å². The number of rotatable bonds is 9. The van der Waals surface area contributed by atoms with Gasteiger partial charge in [-0.25, -0.2) is 0 Å². The minimum Gasteiger partial charge on any atom is -0.481 e. The lowest BCUT2D eigenvalue weighted by atomic mass is 9.99. The van der Waals surface area contributed by atoms with Crippen LogP contribution < -0.4 is 0 Å². The molecule has 0 spiro atoms. The molecule has 22 heavy (non-hydrogen) atoms. The predicted octanol–water partition coefficient (Wildman–Crippen LogP) is 1.83. The highest BCUT2D eigenvalue weighted by Crippen LogP contribution is 2.20. The van der Waals surface area contributed by atoms with Crippen molar-refractivity contribution in [2.24, 2.45) is 5.11 Å². The van der Waals surface area contributed by atoms with Crippen LogP contribution in [0.25, 0.3) is 10.4 Å².